The third kappa shape index (κ3) is 4.11. The van der Waals surface area contributed by atoms with Crippen molar-refractivity contribution in [2.24, 2.45) is 5.92 Å². The summed E-state index contributed by atoms with van der Waals surface area (Å²) in [5, 5.41) is 11.4. The summed E-state index contributed by atoms with van der Waals surface area (Å²) in [6, 6.07) is 0.672. The molecule has 1 aliphatic rings. The quantitative estimate of drug-likeness (QED) is 0.770. The molecule has 1 fully saturated rings. The largest absolute Gasteiger partial charge is 0.314 e. The minimum absolute atomic E-state index is 0.672. The minimum Gasteiger partial charge on any atom is -0.314 e. The molecule has 17 heavy (non-hydrogen) atoms. The van der Waals surface area contributed by atoms with E-state index in [9.17, 15) is 0 Å². The first-order valence-electron chi connectivity index (χ1n) is 6.94. The molecule has 1 atom stereocenters. The molecule has 1 heterocycles. The van der Waals surface area contributed by atoms with Crippen LogP contribution in [0.25, 0.3) is 0 Å². The molecule has 0 saturated heterocycles. The van der Waals surface area contributed by atoms with Gasteiger partial charge in [0, 0.05) is 18.8 Å². The Balaban J connectivity index is 1.57. The summed E-state index contributed by atoms with van der Waals surface area (Å²) in [6.45, 7) is 4.38. The van der Waals surface area contributed by atoms with Crippen LogP contribution in [0.1, 0.15) is 45.4 Å². The van der Waals surface area contributed by atoms with Gasteiger partial charge in [-0.3, -0.25) is 4.68 Å². The summed E-state index contributed by atoms with van der Waals surface area (Å²) in [5.41, 5.74) is 0. The molecule has 4 heteroatoms. The van der Waals surface area contributed by atoms with Crippen molar-refractivity contribution < 1.29 is 0 Å². The fourth-order valence-electron chi connectivity index (χ4n) is 2.72. The lowest BCUT2D eigenvalue weighted by Gasteiger charge is -2.28. The van der Waals surface area contributed by atoms with Gasteiger partial charge in [0.1, 0.15) is 0 Å². The van der Waals surface area contributed by atoms with Gasteiger partial charge >= 0.3 is 0 Å². The highest BCUT2D eigenvalue weighted by Gasteiger charge is 2.18. The highest BCUT2D eigenvalue weighted by atomic mass is 15.4. The first kappa shape index (κ1) is 12.6. The van der Waals surface area contributed by atoms with Crippen LogP contribution in [0.4, 0.5) is 0 Å². The second kappa shape index (κ2) is 6.74. The molecule has 1 aromatic rings. The summed E-state index contributed by atoms with van der Waals surface area (Å²) in [4.78, 5) is 0. The molecule has 4 nitrogen and oxygen atoms in total. The molecule has 1 aromatic heterocycles. The van der Waals surface area contributed by atoms with Crippen molar-refractivity contribution in [3.8, 4) is 0 Å². The third-order valence-electron chi connectivity index (χ3n) is 3.86. The summed E-state index contributed by atoms with van der Waals surface area (Å²) in [7, 11) is 0. The maximum Gasteiger partial charge on any atom is 0.0692 e. The topological polar surface area (TPSA) is 42.7 Å². The summed E-state index contributed by atoms with van der Waals surface area (Å²) in [5.74, 6) is 0.898. The monoisotopic (exact) mass is 236 g/mol. The first-order valence-corrected chi connectivity index (χ1v) is 6.94. The predicted molar refractivity (Wildman–Crippen MR) is 68.7 cm³/mol. The molecule has 96 valence electrons. The molecule has 2 rings (SSSR count). The fourth-order valence-corrected chi connectivity index (χ4v) is 2.72. The van der Waals surface area contributed by atoms with E-state index < -0.39 is 0 Å². The van der Waals surface area contributed by atoms with Crippen molar-refractivity contribution in [2.45, 2.75) is 58.0 Å². The normalized spacial score (nSPS) is 19.4. The number of nitrogens with zero attached hydrogens (tertiary/aromatic N) is 3. The van der Waals surface area contributed by atoms with E-state index in [1.54, 1.807) is 6.20 Å². The average Bonchev–Trinajstić information content (AvgIpc) is 2.88. The van der Waals surface area contributed by atoms with Crippen LogP contribution < -0.4 is 5.32 Å². The Bertz CT molecular complexity index is 290. The Morgan fingerprint density at radius 2 is 2.18 bits per heavy atom. The maximum absolute atomic E-state index is 3.96. The maximum atomic E-state index is 3.96. The van der Waals surface area contributed by atoms with E-state index in [2.05, 4.69) is 22.6 Å². The van der Waals surface area contributed by atoms with Gasteiger partial charge in [-0.2, -0.15) is 0 Å². The molecule has 1 unspecified atom stereocenters. The molecule has 1 aliphatic carbocycles. The van der Waals surface area contributed by atoms with Crippen LogP contribution in [0, 0.1) is 5.92 Å². The molecule has 0 aromatic carbocycles. The van der Waals surface area contributed by atoms with E-state index in [4.69, 9.17) is 0 Å². The van der Waals surface area contributed by atoms with Gasteiger partial charge in [0.15, 0.2) is 0 Å². The zero-order chi connectivity index (χ0) is 11.9. The highest BCUT2D eigenvalue weighted by Crippen LogP contribution is 2.26. The van der Waals surface area contributed by atoms with Crippen molar-refractivity contribution in [3.63, 3.8) is 0 Å². The minimum atomic E-state index is 0.672. The van der Waals surface area contributed by atoms with Gasteiger partial charge in [-0.1, -0.05) is 24.5 Å². The molecule has 1 N–H and O–H groups in total. The Morgan fingerprint density at radius 3 is 2.88 bits per heavy atom. The van der Waals surface area contributed by atoms with Gasteiger partial charge in [0.2, 0.25) is 0 Å². The fraction of sp³-hybridized carbons (Fsp3) is 0.846. The molecule has 0 bridgehead atoms. The van der Waals surface area contributed by atoms with E-state index >= 15 is 0 Å². The predicted octanol–water partition coefficient (Wildman–Crippen LogP) is 2.23. The lowest BCUT2D eigenvalue weighted by atomic mass is 9.84. The first-order chi connectivity index (χ1) is 8.36. The Kier molecular flexibility index (Phi) is 4.98. The summed E-state index contributed by atoms with van der Waals surface area (Å²) >= 11 is 0. The van der Waals surface area contributed by atoms with Crippen molar-refractivity contribution >= 4 is 0 Å². The summed E-state index contributed by atoms with van der Waals surface area (Å²) < 4.78 is 1.90. The highest BCUT2D eigenvalue weighted by molar-refractivity contribution is 4.75. The van der Waals surface area contributed by atoms with Gasteiger partial charge in [0.25, 0.3) is 0 Å². The van der Waals surface area contributed by atoms with Crippen LogP contribution in [0.15, 0.2) is 12.4 Å². The Labute approximate surface area is 104 Å². The van der Waals surface area contributed by atoms with Crippen molar-refractivity contribution in [2.75, 3.05) is 6.54 Å². The SMILES string of the molecule is CC(NCCCn1ccnn1)C1CCCCC1. The molecule has 0 spiro atoms. The number of hydrogen-bond donors (Lipinski definition) is 1. The number of aromatic nitrogens is 3. The zero-order valence-corrected chi connectivity index (χ0v) is 10.8. The number of nitrogens with one attached hydrogen (secondary N) is 1. The van der Waals surface area contributed by atoms with Crippen LogP contribution in [0.3, 0.4) is 0 Å². The van der Waals surface area contributed by atoms with Gasteiger partial charge in [-0.15, -0.1) is 5.10 Å². The molecule has 0 aliphatic heterocycles. The van der Waals surface area contributed by atoms with E-state index in [1.165, 1.54) is 32.1 Å². The van der Waals surface area contributed by atoms with E-state index in [1.807, 2.05) is 10.9 Å². The molecule has 1 saturated carbocycles. The van der Waals surface area contributed by atoms with Crippen molar-refractivity contribution in [1.82, 2.24) is 20.3 Å². The van der Waals surface area contributed by atoms with Crippen molar-refractivity contribution in [1.29, 1.82) is 0 Å². The summed E-state index contributed by atoms with van der Waals surface area (Å²) in [6.07, 6.45) is 11.9. The Hall–Kier alpha value is -0.900. The van der Waals surface area contributed by atoms with Gasteiger partial charge in [0.05, 0.1) is 6.20 Å². The smallest absolute Gasteiger partial charge is 0.0692 e. The third-order valence-corrected chi connectivity index (χ3v) is 3.86. The zero-order valence-electron chi connectivity index (χ0n) is 10.8. The van der Waals surface area contributed by atoms with Crippen LogP contribution in [-0.4, -0.2) is 27.6 Å². The number of hydrogen-bond acceptors (Lipinski definition) is 3. The number of aryl methyl sites for hydroxylation is 1. The van der Waals surface area contributed by atoms with Crippen LogP contribution in [-0.2, 0) is 6.54 Å². The van der Waals surface area contributed by atoms with E-state index in [-0.39, 0.29) is 0 Å². The van der Waals surface area contributed by atoms with Gasteiger partial charge in [-0.05, 0) is 38.6 Å². The van der Waals surface area contributed by atoms with Crippen LogP contribution in [0.5, 0.6) is 0 Å². The van der Waals surface area contributed by atoms with Gasteiger partial charge < -0.3 is 5.32 Å². The molecule has 0 radical (unpaired) electrons. The lowest BCUT2D eigenvalue weighted by molar-refractivity contribution is 0.280. The Morgan fingerprint density at radius 1 is 1.35 bits per heavy atom. The van der Waals surface area contributed by atoms with Crippen molar-refractivity contribution in [3.05, 3.63) is 12.4 Å². The number of rotatable bonds is 6. The van der Waals surface area contributed by atoms with Crippen LogP contribution >= 0.6 is 0 Å². The average molecular weight is 236 g/mol. The molecular weight excluding hydrogens is 212 g/mol. The molecular formula is C13H24N4. The standard InChI is InChI=1S/C13H24N4/c1-12(13-6-3-2-4-7-13)14-8-5-10-17-11-9-15-16-17/h9,11-14H,2-8,10H2,1H3. The lowest BCUT2D eigenvalue weighted by Crippen LogP contribution is -2.35. The molecule has 0 amide bonds. The second-order valence-corrected chi connectivity index (χ2v) is 5.16. The van der Waals surface area contributed by atoms with E-state index in [0.717, 1.165) is 25.4 Å². The van der Waals surface area contributed by atoms with E-state index in [0.29, 0.717) is 6.04 Å². The van der Waals surface area contributed by atoms with Gasteiger partial charge in [-0.25, -0.2) is 0 Å². The second-order valence-electron chi connectivity index (χ2n) is 5.16. The van der Waals surface area contributed by atoms with Crippen LogP contribution in [0.2, 0.25) is 0 Å².